The highest BCUT2D eigenvalue weighted by Crippen LogP contribution is 2.36. The summed E-state index contributed by atoms with van der Waals surface area (Å²) in [5.41, 5.74) is -0.360. The number of amides is 4. The van der Waals surface area contributed by atoms with Crippen LogP contribution in [0.4, 0.5) is 13.6 Å². The fourth-order valence-electron chi connectivity index (χ4n) is 4.10. The fourth-order valence-corrected chi connectivity index (χ4v) is 4.10. The fraction of sp³-hybridized carbons (Fsp3) is 0.550. The number of carbonyl (C=O) groups is 3. The second-order valence-electron chi connectivity index (χ2n) is 7.63. The number of likely N-dealkylation sites (N-methyl/N-ethyl adjacent to an activating group) is 1. The van der Waals surface area contributed by atoms with Crippen molar-refractivity contribution >= 4 is 17.8 Å². The maximum Gasteiger partial charge on any atom is 0.387 e. The normalized spacial score (nSPS) is 18.7. The molecule has 10 heteroatoms. The minimum atomic E-state index is -3.02. The van der Waals surface area contributed by atoms with E-state index in [1.807, 2.05) is 0 Å². The van der Waals surface area contributed by atoms with Gasteiger partial charge in [0.25, 0.3) is 5.91 Å². The number of hydrogen-bond acceptors (Lipinski definition) is 5. The molecule has 1 heterocycles. The van der Waals surface area contributed by atoms with Crippen LogP contribution in [0, 0.1) is 0 Å². The van der Waals surface area contributed by atoms with Crippen molar-refractivity contribution in [1.29, 1.82) is 0 Å². The Hall–Kier alpha value is -2.91. The zero-order chi connectivity index (χ0) is 22.1. The van der Waals surface area contributed by atoms with Crippen molar-refractivity contribution in [1.82, 2.24) is 15.1 Å². The molecular weight excluding hydrogens is 400 g/mol. The molecule has 0 aromatic heterocycles. The molecule has 3 rings (SSSR count). The number of rotatable bonds is 7. The number of imide groups is 1. The summed E-state index contributed by atoms with van der Waals surface area (Å²) in [6.45, 7) is -1.44. The van der Waals surface area contributed by atoms with Gasteiger partial charge >= 0.3 is 12.6 Å². The second kappa shape index (κ2) is 8.45. The molecule has 1 aliphatic carbocycles. The van der Waals surface area contributed by atoms with Crippen molar-refractivity contribution in [2.45, 2.75) is 57.3 Å². The first kappa shape index (κ1) is 21.8. The highest BCUT2D eigenvalue weighted by molar-refractivity contribution is 6.09. The van der Waals surface area contributed by atoms with Crippen molar-refractivity contribution < 1.29 is 32.6 Å². The van der Waals surface area contributed by atoms with E-state index in [0.717, 1.165) is 17.7 Å². The molecule has 1 spiro atoms. The van der Waals surface area contributed by atoms with Gasteiger partial charge in [-0.25, -0.2) is 9.69 Å². The molecule has 4 amide bonds. The number of urea groups is 1. The third-order valence-corrected chi connectivity index (χ3v) is 5.64. The molecule has 0 bridgehead atoms. The molecule has 8 nitrogen and oxygen atoms in total. The Bertz CT molecular complexity index is 842. The Morgan fingerprint density at radius 1 is 1.27 bits per heavy atom. The molecule has 1 aromatic carbocycles. The number of halogens is 2. The van der Waals surface area contributed by atoms with E-state index < -0.39 is 30.1 Å². The van der Waals surface area contributed by atoms with E-state index in [1.54, 1.807) is 6.07 Å². The highest BCUT2D eigenvalue weighted by atomic mass is 19.3. The van der Waals surface area contributed by atoms with Gasteiger partial charge in [0, 0.05) is 13.6 Å². The predicted molar refractivity (Wildman–Crippen MR) is 102 cm³/mol. The van der Waals surface area contributed by atoms with Crippen LogP contribution in [0.5, 0.6) is 11.5 Å². The summed E-state index contributed by atoms with van der Waals surface area (Å²) in [6.07, 6.45) is 2.85. The Morgan fingerprint density at radius 3 is 2.53 bits per heavy atom. The summed E-state index contributed by atoms with van der Waals surface area (Å²) < 4.78 is 34.7. The van der Waals surface area contributed by atoms with Crippen LogP contribution in [0.15, 0.2) is 18.2 Å². The van der Waals surface area contributed by atoms with Crippen LogP contribution in [-0.4, -0.2) is 60.0 Å². The molecule has 1 N–H and O–H groups in total. The first-order valence-electron chi connectivity index (χ1n) is 9.71. The SMILES string of the molecule is COc1ccc(CN(C)C(=O)C(C)N2C(=O)NC3(CCCC3)C2=O)cc1OC(F)F. The smallest absolute Gasteiger partial charge is 0.387 e. The van der Waals surface area contributed by atoms with Gasteiger partial charge in [0.05, 0.1) is 7.11 Å². The zero-order valence-electron chi connectivity index (χ0n) is 17.1. The molecule has 1 saturated heterocycles. The molecular formula is C20H25F2N3O5. The summed E-state index contributed by atoms with van der Waals surface area (Å²) in [4.78, 5) is 40.5. The molecule has 2 aliphatic rings. The lowest BCUT2D eigenvalue weighted by Gasteiger charge is -2.27. The van der Waals surface area contributed by atoms with Gasteiger partial charge in [-0.05, 0) is 37.5 Å². The van der Waals surface area contributed by atoms with Gasteiger partial charge in [0.2, 0.25) is 5.91 Å². The molecule has 30 heavy (non-hydrogen) atoms. The molecule has 1 atom stereocenters. The number of ether oxygens (including phenoxy) is 2. The second-order valence-corrected chi connectivity index (χ2v) is 7.63. The number of benzene rings is 1. The Balaban J connectivity index is 1.71. The van der Waals surface area contributed by atoms with Crippen molar-refractivity contribution in [3.05, 3.63) is 23.8 Å². The predicted octanol–water partition coefficient (Wildman–Crippen LogP) is 2.51. The number of nitrogens with one attached hydrogen (secondary N) is 1. The van der Waals surface area contributed by atoms with Crippen molar-refractivity contribution in [3.8, 4) is 11.5 Å². The maximum atomic E-state index is 12.9. The summed E-state index contributed by atoms with van der Waals surface area (Å²) in [6, 6.07) is 2.90. The maximum absolute atomic E-state index is 12.9. The van der Waals surface area contributed by atoms with Gasteiger partial charge in [0.1, 0.15) is 11.6 Å². The van der Waals surface area contributed by atoms with Crippen LogP contribution in [0.1, 0.15) is 38.2 Å². The van der Waals surface area contributed by atoms with Crippen LogP contribution in [0.25, 0.3) is 0 Å². The van der Waals surface area contributed by atoms with E-state index in [2.05, 4.69) is 10.1 Å². The van der Waals surface area contributed by atoms with Crippen LogP contribution >= 0.6 is 0 Å². The minimum Gasteiger partial charge on any atom is -0.493 e. The summed E-state index contributed by atoms with van der Waals surface area (Å²) in [5, 5.41) is 2.76. The number of methoxy groups -OCH3 is 1. The van der Waals surface area contributed by atoms with Gasteiger partial charge in [0.15, 0.2) is 11.5 Å². The van der Waals surface area contributed by atoms with Crippen molar-refractivity contribution in [3.63, 3.8) is 0 Å². The highest BCUT2D eigenvalue weighted by Gasteiger charge is 2.54. The van der Waals surface area contributed by atoms with E-state index in [-0.39, 0.29) is 24.0 Å². The summed E-state index contributed by atoms with van der Waals surface area (Å²) in [7, 11) is 2.85. The molecule has 1 saturated carbocycles. The molecule has 164 valence electrons. The Kier molecular flexibility index (Phi) is 6.14. The standard InChI is InChI=1S/C20H25F2N3O5/c1-12(25-17(27)20(23-19(25)28)8-4-5-9-20)16(26)24(2)11-13-6-7-14(29-3)15(10-13)30-18(21)22/h6-7,10,12,18H,4-5,8-9,11H2,1-3H3,(H,23,28). The van der Waals surface area contributed by atoms with Crippen molar-refractivity contribution in [2.75, 3.05) is 14.2 Å². The lowest BCUT2D eigenvalue weighted by atomic mass is 9.97. The van der Waals surface area contributed by atoms with Crippen LogP contribution in [0.2, 0.25) is 0 Å². The third kappa shape index (κ3) is 4.03. The van der Waals surface area contributed by atoms with Gasteiger partial charge in [-0.15, -0.1) is 0 Å². The first-order chi connectivity index (χ1) is 14.2. The topological polar surface area (TPSA) is 88.2 Å². The third-order valence-electron chi connectivity index (χ3n) is 5.64. The van der Waals surface area contributed by atoms with Crippen LogP contribution in [0.3, 0.4) is 0 Å². The first-order valence-corrected chi connectivity index (χ1v) is 9.71. The average Bonchev–Trinajstić information content (AvgIpc) is 3.25. The van der Waals surface area contributed by atoms with Gasteiger partial charge < -0.3 is 19.7 Å². The van der Waals surface area contributed by atoms with E-state index in [4.69, 9.17) is 4.74 Å². The zero-order valence-corrected chi connectivity index (χ0v) is 17.1. The lowest BCUT2D eigenvalue weighted by molar-refractivity contribution is -0.142. The molecule has 0 radical (unpaired) electrons. The van der Waals surface area contributed by atoms with Crippen molar-refractivity contribution in [2.24, 2.45) is 0 Å². The molecule has 1 unspecified atom stereocenters. The van der Waals surface area contributed by atoms with Crippen LogP contribution in [-0.2, 0) is 16.1 Å². The van der Waals surface area contributed by atoms with Gasteiger partial charge in [-0.1, -0.05) is 18.9 Å². The Labute approximate surface area is 173 Å². The molecule has 1 aliphatic heterocycles. The number of carbonyl (C=O) groups excluding carboxylic acids is 3. The molecule has 1 aromatic rings. The van der Waals surface area contributed by atoms with Gasteiger partial charge in [-0.2, -0.15) is 8.78 Å². The monoisotopic (exact) mass is 425 g/mol. The minimum absolute atomic E-state index is 0.0710. The summed E-state index contributed by atoms with van der Waals surface area (Å²) in [5.74, 6) is -0.809. The number of hydrogen-bond donors (Lipinski definition) is 1. The summed E-state index contributed by atoms with van der Waals surface area (Å²) >= 11 is 0. The largest absolute Gasteiger partial charge is 0.493 e. The van der Waals surface area contributed by atoms with E-state index in [1.165, 1.54) is 38.1 Å². The number of nitrogens with zero attached hydrogens (tertiary/aromatic N) is 2. The lowest BCUT2D eigenvalue weighted by Crippen LogP contribution is -2.50. The van der Waals surface area contributed by atoms with E-state index >= 15 is 0 Å². The Morgan fingerprint density at radius 2 is 1.93 bits per heavy atom. The number of alkyl halides is 2. The van der Waals surface area contributed by atoms with Gasteiger partial charge in [-0.3, -0.25) is 9.59 Å². The van der Waals surface area contributed by atoms with Crippen LogP contribution < -0.4 is 14.8 Å². The quantitative estimate of drug-likeness (QED) is 0.679. The van der Waals surface area contributed by atoms with E-state index in [9.17, 15) is 23.2 Å². The van der Waals surface area contributed by atoms with E-state index in [0.29, 0.717) is 18.4 Å². The average molecular weight is 425 g/mol. The molecule has 2 fully saturated rings.